The normalized spacial score (nSPS) is 29.3. The monoisotopic (exact) mass is 613 g/mol. The standard InChI is InChI=1S/C23H40N3O12PS/c1-13(2)37-19(30)14(3)25-39(33,35-10-11-40-20(31)22(4,5)6)36-12-23(34-7)17(29)16(28)18(38-23)26-9-8-15(27)24-21(26)32/h8-9,13-14,16-18,21,28-29,32H,10-12H2,1-7H3,(H,24,27)(H,25,33)/t14-,16+,17-,18+,21?,23+,39?/m0/s1. The largest absolute Gasteiger partial charge is 0.462 e. The molecule has 1 amide bonds. The van der Waals surface area contributed by atoms with Crippen LogP contribution < -0.4 is 10.4 Å². The topological polar surface area (TPSA) is 202 Å². The third-order valence-corrected chi connectivity index (χ3v) is 8.60. The molecule has 1 fully saturated rings. The molecule has 2 heterocycles. The number of methoxy groups -OCH3 is 1. The van der Waals surface area contributed by atoms with Crippen molar-refractivity contribution in [3.8, 4) is 0 Å². The number of nitrogens with one attached hydrogen (secondary N) is 2. The van der Waals surface area contributed by atoms with Gasteiger partial charge in [0.1, 0.15) is 24.9 Å². The summed E-state index contributed by atoms with van der Waals surface area (Å²) in [5, 5.41) is 36.2. The molecule has 2 aliphatic rings. The summed E-state index contributed by atoms with van der Waals surface area (Å²) in [5.41, 5.74) is -0.601. The van der Waals surface area contributed by atoms with Crippen LogP contribution in [0.25, 0.3) is 0 Å². The fraction of sp³-hybridized carbons (Fsp3) is 0.783. The van der Waals surface area contributed by atoms with Crippen molar-refractivity contribution in [3.05, 3.63) is 12.3 Å². The number of esters is 1. The maximum absolute atomic E-state index is 13.7. The van der Waals surface area contributed by atoms with Crippen molar-refractivity contribution in [2.45, 2.75) is 84.3 Å². The molecule has 17 heteroatoms. The van der Waals surface area contributed by atoms with Gasteiger partial charge in [0.05, 0.1) is 12.7 Å². The molecule has 0 aromatic carbocycles. The highest BCUT2D eigenvalue weighted by Crippen LogP contribution is 2.47. The van der Waals surface area contributed by atoms with Gasteiger partial charge in [-0.05, 0) is 20.8 Å². The highest BCUT2D eigenvalue weighted by Gasteiger charge is 2.58. The van der Waals surface area contributed by atoms with Crippen molar-refractivity contribution in [3.63, 3.8) is 0 Å². The molecule has 0 bridgehead atoms. The zero-order valence-corrected chi connectivity index (χ0v) is 25.3. The molecule has 15 nitrogen and oxygen atoms in total. The van der Waals surface area contributed by atoms with Gasteiger partial charge < -0.3 is 39.7 Å². The fourth-order valence-corrected chi connectivity index (χ4v) is 5.87. The Morgan fingerprint density at radius 2 is 1.90 bits per heavy atom. The van der Waals surface area contributed by atoms with E-state index in [0.717, 1.165) is 36.0 Å². The molecule has 230 valence electrons. The molecule has 0 saturated carbocycles. The molecule has 0 radical (unpaired) electrons. The van der Waals surface area contributed by atoms with Crippen LogP contribution in [0.5, 0.6) is 0 Å². The molecule has 40 heavy (non-hydrogen) atoms. The average Bonchev–Trinajstić information content (AvgIpc) is 3.10. The molecule has 0 aliphatic carbocycles. The van der Waals surface area contributed by atoms with E-state index < -0.39 is 74.4 Å². The molecule has 1 saturated heterocycles. The predicted molar refractivity (Wildman–Crippen MR) is 142 cm³/mol. The second-order valence-corrected chi connectivity index (χ2v) is 13.3. The summed E-state index contributed by atoms with van der Waals surface area (Å²) >= 11 is 0.974. The lowest BCUT2D eigenvalue weighted by Gasteiger charge is -2.36. The number of amides is 1. The Morgan fingerprint density at radius 3 is 2.45 bits per heavy atom. The zero-order chi connectivity index (χ0) is 30.5. The van der Waals surface area contributed by atoms with Crippen LogP contribution >= 0.6 is 19.5 Å². The van der Waals surface area contributed by atoms with Crippen molar-refractivity contribution in [2.24, 2.45) is 5.41 Å². The van der Waals surface area contributed by atoms with Gasteiger partial charge in [0, 0.05) is 30.6 Å². The summed E-state index contributed by atoms with van der Waals surface area (Å²) in [6.07, 6.45) is -4.68. The van der Waals surface area contributed by atoms with Gasteiger partial charge in [-0.25, -0.2) is 9.65 Å². The van der Waals surface area contributed by atoms with E-state index in [1.807, 2.05) is 0 Å². The van der Waals surface area contributed by atoms with E-state index in [1.54, 1.807) is 34.6 Å². The number of thioether (sulfide) groups is 1. The number of hydrogen-bond donors (Lipinski definition) is 5. The Hall–Kier alpha value is -1.59. The Kier molecular flexibility index (Phi) is 12.2. The number of aliphatic hydroxyl groups excluding tert-OH is 3. The van der Waals surface area contributed by atoms with Crippen molar-refractivity contribution < 1.29 is 57.5 Å². The van der Waals surface area contributed by atoms with Gasteiger partial charge in [-0.2, -0.15) is 0 Å². The number of carbonyl (C=O) groups is 3. The highest BCUT2D eigenvalue weighted by atomic mass is 32.2. The van der Waals surface area contributed by atoms with E-state index in [4.69, 9.17) is 23.3 Å². The minimum atomic E-state index is -4.36. The molecule has 0 aromatic rings. The van der Waals surface area contributed by atoms with Crippen molar-refractivity contribution in [2.75, 3.05) is 26.1 Å². The number of ether oxygens (including phenoxy) is 3. The molecular formula is C23H40N3O12PS. The van der Waals surface area contributed by atoms with E-state index >= 15 is 0 Å². The van der Waals surface area contributed by atoms with Gasteiger partial charge in [0.15, 0.2) is 11.3 Å². The molecule has 7 atom stereocenters. The molecule has 0 aromatic heterocycles. The summed E-state index contributed by atoms with van der Waals surface area (Å²) in [7, 11) is -3.22. The van der Waals surface area contributed by atoms with Crippen LogP contribution in [0.2, 0.25) is 0 Å². The summed E-state index contributed by atoms with van der Waals surface area (Å²) in [4.78, 5) is 37.1. The maximum Gasteiger partial charge on any atom is 0.406 e. The molecule has 2 unspecified atom stereocenters. The van der Waals surface area contributed by atoms with Crippen LogP contribution in [-0.4, -0.2) is 106 Å². The van der Waals surface area contributed by atoms with E-state index in [9.17, 15) is 34.3 Å². The lowest BCUT2D eigenvalue weighted by atomic mass is 10.00. The number of hydrogen-bond acceptors (Lipinski definition) is 14. The van der Waals surface area contributed by atoms with Gasteiger partial charge in [-0.15, -0.1) is 0 Å². The number of nitrogens with zero attached hydrogens (tertiary/aromatic N) is 1. The lowest BCUT2D eigenvalue weighted by Crippen LogP contribution is -2.55. The van der Waals surface area contributed by atoms with Crippen LogP contribution in [-0.2, 0) is 42.2 Å². The zero-order valence-electron chi connectivity index (χ0n) is 23.6. The lowest BCUT2D eigenvalue weighted by molar-refractivity contribution is -0.276. The molecule has 2 aliphatic heterocycles. The second-order valence-electron chi connectivity index (χ2n) is 10.4. The van der Waals surface area contributed by atoms with E-state index in [0.29, 0.717) is 0 Å². The van der Waals surface area contributed by atoms with Gasteiger partial charge in [0.2, 0.25) is 18.0 Å². The minimum Gasteiger partial charge on any atom is -0.462 e. The van der Waals surface area contributed by atoms with Gasteiger partial charge in [-0.1, -0.05) is 32.5 Å². The Labute approximate surface area is 237 Å². The number of aliphatic hydroxyl groups is 3. The summed E-state index contributed by atoms with van der Waals surface area (Å²) in [5.74, 6) is -3.31. The van der Waals surface area contributed by atoms with Crippen LogP contribution in [0.4, 0.5) is 0 Å². The van der Waals surface area contributed by atoms with Crippen LogP contribution in [0.1, 0.15) is 41.5 Å². The highest BCUT2D eigenvalue weighted by molar-refractivity contribution is 8.13. The van der Waals surface area contributed by atoms with E-state index in [1.165, 1.54) is 6.92 Å². The Balaban J connectivity index is 2.19. The van der Waals surface area contributed by atoms with E-state index in [-0.39, 0.29) is 17.5 Å². The first-order chi connectivity index (χ1) is 18.4. The SMILES string of the molecule is CO[C@]1(COP(=O)(N[C@@H](C)C(=O)OC(C)C)OCCSC(=O)C(C)(C)C)O[C@@H](N2C=CC(=O)NC2O)[C@H](O)[C@@H]1O. The predicted octanol–water partition coefficient (Wildman–Crippen LogP) is 0.00550. The fourth-order valence-electron chi connectivity index (χ4n) is 3.47. The second kappa shape index (κ2) is 14.1. The quantitative estimate of drug-likeness (QED) is 0.105. The van der Waals surface area contributed by atoms with Gasteiger partial charge in [0.25, 0.3) is 0 Å². The third kappa shape index (κ3) is 8.95. The molecule has 0 spiro atoms. The molecule has 5 N–H and O–H groups in total. The molecule has 2 rings (SSSR count). The maximum atomic E-state index is 13.7. The minimum absolute atomic E-state index is 0.111. The van der Waals surface area contributed by atoms with Crippen molar-refractivity contribution in [1.82, 2.24) is 15.3 Å². The van der Waals surface area contributed by atoms with Crippen LogP contribution in [0.15, 0.2) is 12.3 Å². The van der Waals surface area contributed by atoms with Gasteiger partial charge in [-0.3, -0.25) is 23.4 Å². The van der Waals surface area contributed by atoms with Crippen LogP contribution in [0.3, 0.4) is 0 Å². The smallest absolute Gasteiger partial charge is 0.406 e. The first-order valence-corrected chi connectivity index (χ1v) is 15.1. The Morgan fingerprint density at radius 1 is 1.25 bits per heavy atom. The number of carbonyl (C=O) groups excluding carboxylic acids is 3. The average molecular weight is 614 g/mol. The van der Waals surface area contributed by atoms with Gasteiger partial charge >= 0.3 is 13.7 Å². The van der Waals surface area contributed by atoms with Crippen LogP contribution in [0, 0.1) is 5.41 Å². The van der Waals surface area contributed by atoms with E-state index in [2.05, 4.69) is 10.4 Å². The summed E-state index contributed by atoms with van der Waals surface area (Å²) in [6.45, 7) is 8.94. The third-order valence-electron chi connectivity index (χ3n) is 5.66. The number of rotatable bonds is 13. The van der Waals surface area contributed by atoms with Crippen molar-refractivity contribution >= 4 is 36.5 Å². The summed E-state index contributed by atoms with van der Waals surface area (Å²) < 4.78 is 40.9. The Bertz CT molecular complexity index is 993. The first-order valence-electron chi connectivity index (χ1n) is 12.5. The first kappa shape index (κ1) is 34.6. The van der Waals surface area contributed by atoms with Crippen molar-refractivity contribution in [1.29, 1.82) is 0 Å². The molecular weight excluding hydrogens is 573 g/mol. The summed E-state index contributed by atoms with van der Waals surface area (Å²) in [6, 6.07) is -1.15.